The lowest BCUT2D eigenvalue weighted by Crippen LogP contribution is -2.44. The molecule has 0 bridgehead atoms. The fraction of sp³-hybridized carbons (Fsp3) is 0.867. The predicted molar refractivity (Wildman–Crippen MR) is 97.6 cm³/mol. The molecule has 1 N–H and O–H groups in total. The number of sulfone groups is 2. The molecule has 0 aromatic rings. The molecular weight excluding hydrogens is 481 g/mol. The smallest absolute Gasteiger partial charge is 0.463 e. The summed E-state index contributed by atoms with van der Waals surface area (Å²) in [5, 5.41) is 1.93. The van der Waals surface area contributed by atoms with E-state index in [0.29, 0.717) is 6.42 Å². The molecule has 0 radical (unpaired) electrons. The van der Waals surface area contributed by atoms with Crippen LogP contribution in [0.1, 0.15) is 33.6 Å². The first-order chi connectivity index (χ1) is 13.7. The Morgan fingerprint density at radius 2 is 1.52 bits per heavy atom. The number of alkyl halides is 5. The Kier molecular flexibility index (Phi) is 9.70. The van der Waals surface area contributed by atoms with Crippen molar-refractivity contribution in [2.45, 2.75) is 49.6 Å². The molecule has 0 heterocycles. The lowest BCUT2D eigenvalue weighted by molar-refractivity contribution is -0.153. The Labute approximate surface area is 176 Å². The van der Waals surface area contributed by atoms with Gasteiger partial charge in [-0.15, -0.1) is 0 Å². The van der Waals surface area contributed by atoms with E-state index in [1.54, 1.807) is 20.8 Å². The highest BCUT2D eigenvalue weighted by Crippen LogP contribution is 2.35. The van der Waals surface area contributed by atoms with Crippen molar-refractivity contribution in [3.63, 3.8) is 0 Å². The SMILES string of the molecule is CCC(C)(C)C(=O)OCCNC(=O)OCC(F)(F)CC(S(C)(=O)=O)S(=O)(=O)C(F)(F)F. The molecule has 16 heteroatoms. The Balaban J connectivity index is 4.85. The maximum atomic E-state index is 13.9. The van der Waals surface area contributed by atoms with Gasteiger partial charge in [-0.3, -0.25) is 4.79 Å². The van der Waals surface area contributed by atoms with Crippen LogP contribution in [-0.2, 0) is 33.9 Å². The minimum Gasteiger partial charge on any atom is -0.463 e. The van der Waals surface area contributed by atoms with Crippen molar-refractivity contribution in [3.8, 4) is 0 Å². The van der Waals surface area contributed by atoms with Gasteiger partial charge in [0.2, 0.25) is 0 Å². The second-order valence-electron chi connectivity index (χ2n) is 7.19. The van der Waals surface area contributed by atoms with Crippen molar-refractivity contribution in [2.75, 3.05) is 26.0 Å². The molecule has 0 rings (SSSR count). The summed E-state index contributed by atoms with van der Waals surface area (Å²) < 4.78 is 116. The lowest BCUT2D eigenvalue weighted by atomic mass is 9.91. The van der Waals surface area contributed by atoms with Crippen molar-refractivity contribution >= 4 is 31.7 Å². The summed E-state index contributed by atoms with van der Waals surface area (Å²) in [6.45, 7) is 2.41. The molecule has 0 spiro atoms. The zero-order valence-electron chi connectivity index (χ0n) is 17.1. The number of hydrogen-bond donors (Lipinski definition) is 1. The summed E-state index contributed by atoms with van der Waals surface area (Å²) in [5.74, 6) is -4.99. The summed E-state index contributed by atoms with van der Waals surface area (Å²) in [6.07, 6.45) is -3.22. The molecule has 1 amide bonds. The third-order valence-electron chi connectivity index (χ3n) is 4.07. The van der Waals surface area contributed by atoms with Crippen LogP contribution in [-0.4, -0.2) is 70.9 Å². The molecule has 0 aliphatic rings. The largest absolute Gasteiger partial charge is 0.498 e. The molecule has 184 valence electrons. The molecule has 1 unspecified atom stereocenters. The van der Waals surface area contributed by atoms with Gasteiger partial charge in [-0.1, -0.05) is 6.92 Å². The number of rotatable bonds is 11. The number of carbonyl (C=O) groups is 2. The van der Waals surface area contributed by atoms with Gasteiger partial charge < -0.3 is 14.8 Å². The van der Waals surface area contributed by atoms with Crippen LogP contribution in [0.4, 0.5) is 26.7 Å². The lowest BCUT2D eigenvalue weighted by Gasteiger charge is -2.23. The number of ether oxygens (including phenoxy) is 2. The molecule has 0 aromatic carbocycles. The van der Waals surface area contributed by atoms with Gasteiger partial charge in [0.15, 0.2) is 21.0 Å². The topological polar surface area (TPSA) is 133 Å². The van der Waals surface area contributed by atoms with Crippen LogP contribution >= 0.6 is 0 Å². The van der Waals surface area contributed by atoms with E-state index < -0.39 is 66.2 Å². The summed E-state index contributed by atoms with van der Waals surface area (Å²) in [5.41, 5.74) is -6.87. The Bertz CT molecular complexity index is 853. The van der Waals surface area contributed by atoms with E-state index in [4.69, 9.17) is 4.74 Å². The molecule has 1 atom stereocenters. The first-order valence-corrected chi connectivity index (χ1v) is 12.1. The monoisotopic (exact) mass is 505 g/mol. The zero-order valence-corrected chi connectivity index (χ0v) is 18.7. The van der Waals surface area contributed by atoms with Crippen LogP contribution in [0.2, 0.25) is 0 Å². The van der Waals surface area contributed by atoms with Crippen LogP contribution in [0.5, 0.6) is 0 Å². The highest BCUT2D eigenvalue weighted by atomic mass is 32.3. The predicted octanol–water partition coefficient (Wildman–Crippen LogP) is 2.02. The quantitative estimate of drug-likeness (QED) is 0.256. The van der Waals surface area contributed by atoms with Crippen LogP contribution in [0.15, 0.2) is 0 Å². The minimum atomic E-state index is -6.48. The number of alkyl carbamates (subject to hydrolysis) is 1. The number of nitrogens with one attached hydrogen (secondary N) is 1. The Morgan fingerprint density at radius 1 is 1.00 bits per heavy atom. The number of hydrogen-bond acceptors (Lipinski definition) is 8. The molecule has 0 aliphatic carbocycles. The molecule has 0 saturated carbocycles. The van der Waals surface area contributed by atoms with E-state index >= 15 is 0 Å². The van der Waals surface area contributed by atoms with E-state index in [1.165, 1.54) is 0 Å². The summed E-state index contributed by atoms with van der Waals surface area (Å²) in [6, 6.07) is 0. The second kappa shape index (κ2) is 10.3. The standard InChI is InChI=1S/C15H24F5NO8S2/c1-5-13(2,3)11(22)28-7-6-21-12(23)29-9-14(16,17)8-10(30(4,24)25)31(26,27)15(18,19)20/h10H,5-9H2,1-4H3,(H,21,23). The molecule has 0 aromatic heterocycles. The number of amides is 1. The molecular formula is C15H24F5NO8S2. The van der Waals surface area contributed by atoms with Crippen molar-refractivity contribution in [2.24, 2.45) is 5.41 Å². The average molecular weight is 505 g/mol. The van der Waals surface area contributed by atoms with Gasteiger partial charge in [0, 0.05) is 12.7 Å². The van der Waals surface area contributed by atoms with Crippen LogP contribution in [0.25, 0.3) is 0 Å². The summed E-state index contributed by atoms with van der Waals surface area (Å²) >= 11 is 0. The normalized spacial score (nSPS) is 14.6. The van der Waals surface area contributed by atoms with Gasteiger partial charge in [-0.25, -0.2) is 30.4 Å². The molecule has 0 aliphatic heterocycles. The first-order valence-electron chi connectivity index (χ1n) is 8.62. The highest BCUT2D eigenvalue weighted by molar-refractivity contribution is 8.09. The van der Waals surface area contributed by atoms with Gasteiger partial charge in [-0.05, 0) is 20.3 Å². The average Bonchev–Trinajstić information content (AvgIpc) is 2.59. The third kappa shape index (κ3) is 9.13. The molecule has 9 nitrogen and oxygen atoms in total. The third-order valence-corrected chi connectivity index (χ3v) is 8.50. The van der Waals surface area contributed by atoms with Crippen LogP contribution in [0.3, 0.4) is 0 Å². The van der Waals surface area contributed by atoms with E-state index in [-0.39, 0.29) is 19.4 Å². The Hall–Kier alpha value is -1.71. The fourth-order valence-corrected chi connectivity index (χ4v) is 5.28. The number of esters is 1. The summed E-state index contributed by atoms with van der Waals surface area (Å²) in [7, 11) is -11.6. The van der Waals surface area contributed by atoms with Crippen molar-refractivity contribution in [3.05, 3.63) is 0 Å². The van der Waals surface area contributed by atoms with Gasteiger partial charge in [0.1, 0.15) is 6.61 Å². The number of halogens is 5. The van der Waals surface area contributed by atoms with Crippen molar-refractivity contribution < 1.29 is 57.9 Å². The van der Waals surface area contributed by atoms with Crippen LogP contribution in [0, 0.1) is 5.41 Å². The fourth-order valence-electron chi connectivity index (χ4n) is 1.80. The van der Waals surface area contributed by atoms with Gasteiger partial charge in [-0.2, -0.15) is 13.2 Å². The van der Waals surface area contributed by atoms with Gasteiger partial charge in [0.05, 0.1) is 12.0 Å². The van der Waals surface area contributed by atoms with Gasteiger partial charge >= 0.3 is 17.6 Å². The van der Waals surface area contributed by atoms with E-state index in [9.17, 15) is 48.4 Å². The summed E-state index contributed by atoms with van der Waals surface area (Å²) in [4.78, 5) is 23.1. The Morgan fingerprint density at radius 3 is 1.94 bits per heavy atom. The number of carbonyl (C=O) groups excluding carboxylic acids is 2. The van der Waals surface area contributed by atoms with E-state index in [0.717, 1.165) is 0 Å². The van der Waals surface area contributed by atoms with E-state index in [2.05, 4.69) is 4.74 Å². The van der Waals surface area contributed by atoms with Crippen molar-refractivity contribution in [1.29, 1.82) is 0 Å². The van der Waals surface area contributed by atoms with E-state index in [1.807, 2.05) is 5.32 Å². The zero-order chi connectivity index (χ0) is 24.9. The minimum absolute atomic E-state index is 0.0612. The molecule has 0 saturated heterocycles. The second-order valence-corrected chi connectivity index (χ2v) is 11.8. The maximum absolute atomic E-state index is 13.9. The highest BCUT2D eigenvalue weighted by Gasteiger charge is 2.57. The maximum Gasteiger partial charge on any atom is 0.498 e. The van der Waals surface area contributed by atoms with Crippen LogP contribution < -0.4 is 5.32 Å². The first kappa shape index (κ1) is 29.3. The molecule has 0 fully saturated rings. The molecule has 31 heavy (non-hydrogen) atoms. The van der Waals surface area contributed by atoms with Gasteiger partial charge in [0.25, 0.3) is 15.8 Å². The van der Waals surface area contributed by atoms with Crippen molar-refractivity contribution in [1.82, 2.24) is 5.32 Å².